The Balaban J connectivity index is 2.33. The van der Waals surface area contributed by atoms with Crippen molar-refractivity contribution >= 4 is 11.8 Å². The van der Waals surface area contributed by atoms with Crippen molar-refractivity contribution in [3.8, 4) is 5.75 Å². The molecule has 2 aromatic rings. The molecule has 0 saturated carbocycles. The van der Waals surface area contributed by atoms with Crippen LogP contribution in [-0.4, -0.2) is 36.4 Å². The summed E-state index contributed by atoms with van der Waals surface area (Å²) in [5.74, 6) is 0.572. The Morgan fingerprint density at radius 1 is 1.04 bits per heavy atom. The molecule has 0 aliphatic heterocycles. The number of hydrogen-bond donors (Lipinski definition) is 1. The van der Waals surface area contributed by atoms with Crippen LogP contribution >= 0.6 is 0 Å². The summed E-state index contributed by atoms with van der Waals surface area (Å²) in [7, 11) is 1.62. The first-order valence-corrected chi connectivity index (χ1v) is 9.83. The predicted molar refractivity (Wildman–Crippen MR) is 111 cm³/mol. The zero-order valence-electron chi connectivity index (χ0n) is 17.0. The number of benzene rings is 2. The van der Waals surface area contributed by atoms with Crippen molar-refractivity contribution in [2.75, 3.05) is 13.7 Å². The van der Waals surface area contributed by atoms with Crippen LogP contribution in [0, 0.1) is 0 Å². The molecule has 0 bridgehead atoms. The van der Waals surface area contributed by atoms with Gasteiger partial charge in [-0.05, 0) is 29.7 Å². The Bertz CT molecular complexity index is 761. The number of ether oxygens (including phenoxy) is 1. The van der Waals surface area contributed by atoms with Crippen LogP contribution in [0.4, 0.5) is 0 Å². The summed E-state index contributed by atoms with van der Waals surface area (Å²) in [6, 6.07) is 16.9. The molecule has 0 aliphatic rings. The van der Waals surface area contributed by atoms with Gasteiger partial charge in [0.1, 0.15) is 11.8 Å². The highest BCUT2D eigenvalue weighted by Gasteiger charge is 2.29. The number of hydrogen-bond acceptors (Lipinski definition) is 3. The number of carbonyl (C=O) groups excluding carboxylic acids is 2. The Morgan fingerprint density at radius 3 is 2.39 bits per heavy atom. The van der Waals surface area contributed by atoms with Gasteiger partial charge < -0.3 is 15.0 Å². The van der Waals surface area contributed by atoms with Crippen molar-refractivity contribution in [3.05, 3.63) is 65.7 Å². The fraction of sp³-hybridized carbons (Fsp3) is 0.391. The third kappa shape index (κ3) is 6.12. The lowest BCUT2D eigenvalue weighted by atomic mass is 10.0. The van der Waals surface area contributed by atoms with Gasteiger partial charge in [0.15, 0.2) is 0 Å². The van der Waals surface area contributed by atoms with E-state index in [0.29, 0.717) is 25.9 Å². The van der Waals surface area contributed by atoms with E-state index in [1.165, 1.54) is 0 Å². The standard InChI is InChI=1S/C23H30N2O3/c1-4-14-24-23(27)21(16-18-10-7-6-8-11-18)25(22(26)5-2)17-19-12-9-13-20(15-19)28-3/h6-13,15,21H,4-5,14,16-17H2,1-3H3,(H,24,27)/t21-/m1/s1. The van der Waals surface area contributed by atoms with E-state index in [1.54, 1.807) is 12.0 Å². The summed E-state index contributed by atoms with van der Waals surface area (Å²) in [6.45, 7) is 4.79. The summed E-state index contributed by atoms with van der Waals surface area (Å²) in [6.07, 6.45) is 1.67. The van der Waals surface area contributed by atoms with E-state index >= 15 is 0 Å². The van der Waals surface area contributed by atoms with E-state index in [-0.39, 0.29) is 11.8 Å². The van der Waals surface area contributed by atoms with Gasteiger partial charge in [-0.2, -0.15) is 0 Å². The van der Waals surface area contributed by atoms with E-state index in [4.69, 9.17) is 4.74 Å². The second-order valence-electron chi connectivity index (χ2n) is 6.72. The first-order chi connectivity index (χ1) is 13.6. The summed E-state index contributed by atoms with van der Waals surface area (Å²) in [5, 5.41) is 2.96. The van der Waals surface area contributed by atoms with Gasteiger partial charge in [0.25, 0.3) is 0 Å². The second kappa shape index (κ2) is 11.1. The van der Waals surface area contributed by atoms with E-state index in [1.807, 2.05) is 68.4 Å². The van der Waals surface area contributed by atoms with Crippen molar-refractivity contribution < 1.29 is 14.3 Å². The molecule has 2 aromatic carbocycles. The molecular weight excluding hydrogens is 352 g/mol. The van der Waals surface area contributed by atoms with E-state index in [2.05, 4.69) is 5.32 Å². The fourth-order valence-corrected chi connectivity index (χ4v) is 3.09. The number of nitrogens with one attached hydrogen (secondary N) is 1. The van der Waals surface area contributed by atoms with Crippen molar-refractivity contribution in [1.82, 2.24) is 10.2 Å². The van der Waals surface area contributed by atoms with E-state index in [9.17, 15) is 9.59 Å². The normalized spacial score (nSPS) is 11.5. The summed E-state index contributed by atoms with van der Waals surface area (Å²) >= 11 is 0. The fourth-order valence-electron chi connectivity index (χ4n) is 3.09. The number of carbonyl (C=O) groups is 2. The van der Waals surface area contributed by atoms with Crippen LogP contribution in [0.1, 0.15) is 37.8 Å². The first kappa shape index (κ1) is 21.5. The molecule has 5 heteroatoms. The average Bonchev–Trinajstić information content (AvgIpc) is 2.74. The SMILES string of the molecule is CCCNC(=O)[C@@H](Cc1ccccc1)N(Cc1cccc(OC)c1)C(=O)CC. The largest absolute Gasteiger partial charge is 0.497 e. The van der Waals surface area contributed by atoms with Crippen LogP contribution in [0.25, 0.3) is 0 Å². The lowest BCUT2D eigenvalue weighted by molar-refractivity contribution is -0.141. The smallest absolute Gasteiger partial charge is 0.243 e. The van der Waals surface area contributed by atoms with Gasteiger partial charge in [-0.3, -0.25) is 9.59 Å². The maximum Gasteiger partial charge on any atom is 0.243 e. The van der Waals surface area contributed by atoms with E-state index < -0.39 is 6.04 Å². The quantitative estimate of drug-likeness (QED) is 0.683. The Hall–Kier alpha value is -2.82. The third-order valence-electron chi connectivity index (χ3n) is 4.61. The zero-order chi connectivity index (χ0) is 20.4. The molecule has 2 rings (SSSR count). The second-order valence-corrected chi connectivity index (χ2v) is 6.72. The molecule has 0 aliphatic carbocycles. The molecule has 1 atom stereocenters. The Labute approximate surface area is 167 Å². The molecule has 150 valence electrons. The van der Waals surface area contributed by atoms with Crippen LogP contribution in [0.2, 0.25) is 0 Å². The third-order valence-corrected chi connectivity index (χ3v) is 4.61. The molecular formula is C23H30N2O3. The van der Waals surface area contributed by atoms with Gasteiger partial charge in [-0.25, -0.2) is 0 Å². The minimum Gasteiger partial charge on any atom is -0.497 e. The molecule has 28 heavy (non-hydrogen) atoms. The molecule has 0 radical (unpaired) electrons. The minimum atomic E-state index is -0.562. The Kier molecular flexibility index (Phi) is 8.53. The molecule has 0 unspecified atom stereocenters. The average molecular weight is 383 g/mol. The number of methoxy groups -OCH3 is 1. The molecule has 5 nitrogen and oxygen atoms in total. The van der Waals surface area contributed by atoms with E-state index in [0.717, 1.165) is 23.3 Å². The van der Waals surface area contributed by atoms with Crippen molar-refractivity contribution in [1.29, 1.82) is 0 Å². The number of nitrogens with zero attached hydrogens (tertiary/aromatic N) is 1. The highest BCUT2D eigenvalue weighted by atomic mass is 16.5. The van der Waals surface area contributed by atoms with Crippen LogP contribution in [0.5, 0.6) is 5.75 Å². The predicted octanol–water partition coefficient (Wildman–Crippen LogP) is 3.57. The number of rotatable bonds is 10. The van der Waals surface area contributed by atoms with Crippen LogP contribution in [-0.2, 0) is 22.6 Å². The van der Waals surface area contributed by atoms with Crippen molar-refractivity contribution in [2.24, 2.45) is 0 Å². The van der Waals surface area contributed by atoms with Gasteiger partial charge in [0.2, 0.25) is 11.8 Å². The first-order valence-electron chi connectivity index (χ1n) is 9.83. The minimum absolute atomic E-state index is 0.0459. The molecule has 0 spiro atoms. The summed E-state index contributed by atoms with van der Waals surface area (Å²) in [5.41, 5.74) is 1.96. The van der Waals surface area contributed by atoms with Gasteiger partial charge in [0, 0.05) is 25.9 Å². The molecule has 2 amide bonds. The van der Waals surface area contributed by atoms with Gasteiger partial charge in [-0.15, -0.1) is 0 Å². The maximum absolute atomic E-state index is 13.0. The van der Waals surface area contributed by atoms with Gasteiger partial charge >= 0.3 is 0 Å². The maximum atomic E-state index is 13.0. The summed E-state index contributed by atoms with van der Waals surface area (Å²) < 4.78 is 5.30. The van der Waals surface area contributed by atoms with Gasteiger partial charge in [0.05, 0.1) is 7.11 Å². The molecule has 0 saturated heterocycles. The van der Waals surface area contributed by atoms with Crippen LogP contribution in [0.3, 0.4) is 0 Å². The summed E-state index contributed by atoms with van der Waals surface area (Å²) in [4.78, 5) is 27.4. The van der Waals surface area contributed by atoms with Crippen LogP contribution < -0.4 is 10.1 Å². The number of amides is 2. The monoisotopic (exact) mass is 382 g/mol. The zero-order valence-corrected chi connectivity index (χ0v) is 17.0. The highest BCUT2D eigenvalue weighted by molar-refractivity contribution is 5.87. The van der Waals surface area contributed by atoms with Crippen molar-refractivity contribution in [2.45, 2.75) is 45.7 Å². The lowest BCUT2D eigenvalue weighted by Gasteiger charge is -2.31. The highest BCUT2D eigenvalue weighted by Crippen LogP contribution is 2.18. The lowest BCUT2D eigenvalue weighted by Crippen LogP contribution is -2.50. The van der Waals surface area contributed by atoms with Gasteiger partial charge in [-0.1, -0.05) is 56.3 Å². The topological polar surface area (TPSA) is 58.6 Å². The molecule has 0 aromatic heterocycles. The Morgan fingerprint density at radius 2 is 1.75 bits per heavy atom. The van der Waals surface area contributed by atoms with Crippen LogP contribution in [0.15, 0.2) is 54.6 Å². The van der Waals surface area contributed by atoms with Crippen molar-refractivity contribution in [3.63, 3.8) is 0 Å². The molecule has 0 fully saturated rings. The molecule has 0 heterocycles. The molecule has 1 N–H and O–H groups in total.